The van der Waals surface area contributed by atoms with Crippen LogP contribution in [0.5, 0.6) is 11.5 Å². The molecule has 0 spiro atoms. The zero-order valence-electron chi connectivity index (χ0n) is 16.3. The highest BCUT2D eigenvalue weighted by Gasteiger charge is 2.25. The van der Waals surface area contributed by atoms with Crippen molar-refractivity contribution < 1.29 is 24.2 Å². The molecule has 3 heterocycles. The van der Waals surface area contributed by atoms with Crippen LogP contribution < -0.4 is 10.4 Å². The van der Waals surface area contributed by atoms with Crippen LogP contribution in [0.3, 0.4) is 0 Å². The molecule has 0 fully saturated rings. The van der Waals surface area contributed by atoms with Crippen molar-refractivity contribution in [3.63, 3.8) is 0 Å². The van der Waals surface area contributed by atoms with Crippen LogP contribution >= 0.6 is 11.6 Å². The maximum Gasteiger partial charge on any atom is 0.344 e. The predicted octanol–water partition coefficient (Wildman–Crippen LogP) is 4.21. The van der Waals surface area contributed by atoms with Crippen LogP contribution in [0.15, 0.2) is 76.2 Å². The van der Waals surface area contributed by atoms with Gasteiger partial charge in [-0.1, -0.05) is 23.7 Å². The van der Waals surface area contributed by atoms with Gasteiger partial charge in [0.1, 0.15) is 17.0 Å². The number of ether oxygens (including phenoxy) is 1. The van der Waals surface area contributed by atoms with Crippen molar-refractivity contribution in [1.82, 2.24) is 9.97 Å². The molecule has 9 heteroatoms. The van der Waals surface area contributed by atoms with Crippen LogP contribution in [0.4, 0.5) is 0 Å². The number of carbonyl (C=O) groups is 1. The zero-order chi connectivity index (χ0) is 22.7. The van der Waals surface area contributed by atoms with E-state index in [9.17, 15) is 19.8 Å². The van der Waals surface area contributed by atoms with Gasteiger partial charge in [-0.15, -0.1) is 0 Å². The smallest absolute Gasteiger partial charge is 0.344 e. The molecular weight excluding hydrogens is 436 g/mol. The van der Waals surface area contributed by atoms with Crippen molar-refractivity contribution >= 4 is 34.9 Å². The van der Waals surface area contributed by atoms with Crippen molar-refractivity contribution in [2.45, 2.75) is 5.92 Å². The first-order valence-electron chi connectivity index (χ1n) is 9.32. The number of hydrogen-bond acceptors (Lipinski definition) is 8. The van der Waals surface area contributed by atoms with Gasteiger partial charge in [-0.2, -0.15) is 0 Å². The van der Waals surface area contributed by atoms with E-state index in [1.165, 1.54) is 36.7 Å². The molecule has 4 rings (SSSR count). The average Bonchev–Trinajstić information content (AvgIpc) is 2.79. The molecule has 1 unspecified atom stereocenters. The molecule has 0 aliphatic rings. The lowest BCUT2D eigenvalue weighted by atomic mass is 9.90. The molecular formula is C23H15ClN2O6. The molecule has 0 amide bonds. The standard InChI is InChI=1S/C23H15ClN2O6/c24-14-7-5-13(6-8-14)15(11-16(28)20-17(31-12-27)3-1-9-25-20)19-22(29)21-18(32-23(19)30)4-2-10-26-21/h1-12,15,28-29H/b16-11-. The zero-order valence-corrected chi connectivity index (χ0v) is 17.1. The fourth-order valence-corrected chi connectivity index (χ4v) is 3.41. The highest BCUT2D eigenvalue weighted by molar-refractivity contribution is 6.30. The van der Waals surface area contributed by atoms with Gasteiger partial charge in [0, 0.05) is 23.3 Å². The summed E-state index contributed by atoms with van der Waals surface area (Å²) in [5.74, 6) is -1.72. The third-order valence-electron chi connectivity index (χ3n) is 4.73. The molecule has 0 aliphatic carbocycles. The fourth-order valence-electron chi connectivity index (χ4n) is 3.29. The highest BCUT2D eigenvalue weighted by Crippen LogP contribution is 2.36. The van der Waals surface area contributed by atoms with E-state index < -0.39 is 11.5 Å². The first-order valence-corrected chi connectivity index (χ1v) is 9.70. The van der Waals surface area contributed by atoms with E-state index in [1.54, 1.807) is 30.3 Å². The molecule has 0 aliphatic heterocycles. The van der Waals surface area contributed by atoms with Gasteiger partial charge in [0.15, 0.2) is 17.1 Å². The molecule has 0 radical (unpaired) electrons. The topological polar surface area (TPSA) is 123 Å². The van der Waals surface area contributed by atoms with Gasteiger partial charge < -0.3 is 19.4 Å². The molecule has 1 aromatic carbocycles. The summed E-state index contributed by atoms with van der Waals surface area (Å²) in [5.41, 5.74) is -0.241. The van der Waals surface area contributed by atoms with Crippen LogP contribution in [0.1, 0.15) is 22.7 Å². The summed E-state index contributed by atoms with van der Waals surface area (Å²) in [6, 6.07) is 12.5. The fraction of sp³-hybridized carbons (Fsp3) is 0.0435. The summed E-state index contributed by atoms with van der Waals surface area (Å²) >= 11 is 6.00. The van der Waals surface area contributed by atoms with Crippen LogP contribution in [0.2, 0.25) is 5.02 Å². The van der Waals surface area contributed by atoms with E-state index in [4.69, 9.17) is 20.8 Å². The van der Waals surface area contributed by atoms with Crippen LogP contribution in [0, 0.1) is 0 Å². The number of aromatic nitrogens is 2. The molecule has 4 aromatic rings. The number of aromatic hydroxyl groups is 1. The van der Waals surface area contributed by atoms with Crippen LogP contribution in [-0.4, -0.2) is 26.7 Å². The lowest BCUT2D eigenvalue weighted by molar-refractivity contribution is -0.120. The van der Waals surface area contributed by atoms with Gasteiger partial charge in [-0.25, -0.2) is 14.8 Å². The number of aliphatic hydroxyl groups is 1. The number of rotatable bonds is 6. The number of carbonyl (C=O) groups excluding carboxylic acids is 1. The number of hydrogen-bond donors (Lipinski definition) is 2. The predicted molar refractivity (Wildman–Crippen MR) is 117 cm³/mol. The Bertz CT molecular complexity index is 1380. The summed E-state index contributed by atoms with van der Waals surface area (Å²) in [7, 11) is 0. The monoisotopic (exact) mass is 450 g/mol. The van der Waals surface area contributed by atoms with Gasteiger partial charge >= 0.3 is 5.63 Å². The van der Waals surface area contributed by atoms with Crippen LogP contribution in [0.25, 0.3) is 16.9 Å². The number of nitrogens with zero attached hydrogens (tertiary/aromatic N) is 2. The molecule has 1 atom stereocenters. The van der Waals surface area contributed by atoms with E-state index in [1.807, 2.05) is 0 Å². The van der Waals surface area contributed by atoms with Crippen molar-refractivity contribution in [2.24, 2.45) is 0 Å². The number of aliphatic hydroxyl groups excluding tert-OH is 1. The Morgan fingerprint density at radius 1 is 1.09 bits per heavy atom. The summed E-state index contributed by atoms with van der Waals surface area (Å²) in [6.07, 6.45) is 4.15. The molecule has 160 valence electrons. The second-order valence-electron chi connectivity index (χ2n) is 6.65. The Morgan fingerprint density at radius 3 is 2.56 bits per heavy atom. The molecule has 32 heavy (non-hydrogen) atoms. The molecule has 3 aromatic heterocycles. The molecule has 8 nitrogen and oxygen atoms in total. The van der Waals surface area contributed by atoms with Gasteiger partial charge in [0.05, 0.1) is 5.56 Å². The van der Waals surface area contributed by atoms with E-state index >= 15 is 0 Å². The summed E-state index contributed by atoms with van der Waals surface area (Å²) in [6.45, 7) is 0.208. The third kappa shape index (κ3) is 4.03. The summed E-state index contributed by atoms with van der Waals surface area (Å²) in [4.78, 5) is 31.8. The normalized spacial score (nSPS) is 12.5. The summed E-state index contributed by atoms with van der Waals surface area (Å²) < 4.78 is 10.2. The number of benzene rings is 1. The van der Waals surface area contributed by atoms with E-state index in [2.05, 4.69) is 9.97 Å². The number of fused-ring (bicyclic) bond motifs is 1. The lowest BCUT2D eigenvalue weighted by Crippen LogP contribution is -2.14. The Labute approximate surface area is 186 Å². The molecule has 0 saturated carbocycles. The van der Waals surface area contributed by atoms with E-state index in [0.717, 1.165) is 0 Å². The first kappa shape index (κ1) is 21.1. The van der Waals surface area contributed by atoms with Gasteiger partial charge in [0.25, 0.3) is 6.47 Å². The van der Waals surface area contributed by atoms with Crippen molar-refractivity contribution in [2.75, 3.05) is 0 Å². The molecule has 2 N–H and O–H groups in total. The van der Waals surface area contributed by atoms with Gasteiger partial charge in [-0.3, -0.25) is 4.79 Å². The maximum atomic E-state index is 12.8. The highest BCUT2D eigenvalue weighted by atomic mass is 35.5. The van der Waals surface area contributed by atoms with Crippen molar-refractivity contribution in [3.8, 4) is 11.5 Å². The number of pyridine rings is 2. The summed E-state index contributed by atoms with van der Waals surface area (Å²) in [5, 5.41) is 22.2. The second-order valence-corrected chi connectivity index (χ2v) is 7.08. The van der Waals surface area contributed by atoms with Crippen molar-refractivity contribution in [1.29, 1.82) is 0 Å². The quantitative estimate of drug-likeness (QED) is 0.331. The number of halogens is 1. The van der Waals surface area contributed by atoms with Gasteiger partial charge in [-0.05, 0) is 48.0 Å². The Hall–Kier alpha value is -4.17. The minimum absolute atomic E-state index is 0.0162. The lowest BCUT2D eigenvalue weighted by Gasteiger charge is -2.16. The van der Waals surface area contributed by atoms with Gasteiger partial charge in [0.2, 0.25) is 0 Å². The second kappa shape index (κ2) is 8.91. The number of allylic oxidation sites excluding steroid dienone is 1. The third-order valence-corrected chi connectivity index (χ3v) is 4.98. The van der Waals surface area contributed by atoms with Crippen LogP contribution in [-0.2, 0) is 4.79 Å². The maximum absolute atomic E-state index is 12.8. The Balaban J connectivity index is 1.95. The Kier molecular flexibility index (Phi) is 5.87. The SMILES string of the molecule is O=COc1cccnc1/C(O)=C/C(c1ccc(Cl)cc1)c1c(O)c2ncccc2oc1=O. The minimum Gasteiger partial charge on any atom is -0.506 e. The van der Waals surface area contributed by atoms with Crippen molar-refractivity contribution in [3.05, 3.63) is 99.3 Å². The van der Waals surface area contributed by atoms with E-state index in [0.29, 0.717) is 10.6 Å². The minimum atomic E-state index is -0.971. The largest absolute Gasteiger partial charge is 0.506 e. The molecule has 0 saturated heterocycles. The van der Waals surface area contributed by atoms with E-state index in [-0.39, 0.29) is 46.1 Å². The Morgan fingerprint density at radius 2 is 1.81 bits per heavy atom. The molecule has 0 bridgehead atoms. The average molecular weight is 451 g/mol. The first-order chi connectivity index (χ1) is 15.5.